The quantitative estimate of drug-likeness (QED) is 0.566. The fraction of sp³-hybridized carbons (Fsp3) is 0.364. The first-order valence-electron chi connectivity index (χ1n) is 9.91. The monoisotopic (exact) mass is 425 g/mol. The molecule has 0 saturated carbocycles. The number of carbonyl (C=O) groups excluding carboxylic acids is 1. The van der Waals surface area contributed by atoms with Crippen LogP contribution >= 0.6 is 11.6 Å². The number of ether oxygens (including phenoxy) is 1. The molecule has 1 fully saturated rings. The van der Waals surface area contributed by atoms with Gasteiger partial charge in [-0.05, 0) is 51.1 Å². The minimum atomic E-state index is -0.502. The van der Waals surface area contributed by atoms with Crippen molar-refractivity contribution < 1.29 is 9.53 Å². The number of halogens is 1. The van der Waals surface area contributed by atoms with Gasteiger partial charge in [0.1, 0.15) is 16.6 Å². The van der Waals surface area contributed by atoms with Gasteiger partial charge in [-0.1, -0.05) is 11.6 Å². The Morgan fingerprint density at radius 1 is 1.07 bits per heavy atom. The van der Waals surface area contributed by atoms with Gasteiger partial charge in [-0.25, -0.2) is 14.8 Å². The van der Waals surface area contributed by atoms with Crippen molar-refractivity contribution in [2.75, 3.05) is 31.1 Å². The third kappa shape index (κ3) is 4.46. The molecule has 0 atom stereocenters. The Balaban J connectivity index is 1.62. The lowest BCUT2D eigenvalue weighted by Crippen LogP contribution is -2.50. The summed E-state index contributed by atoms with van der Waals surface area (Å²) in [5.74, 6) is 0.854. The molecule has 8 heteroatoms. The van der Waals surface area contributed by atoms with E-state index in [0.29, 0.717) is 31.3 Å². The minimum absolute atomic E-state index is 0.276. The molecule has 3 aromatic rings. The van der Waals surface area contributed by atoms with E-state index in [4.69, 9.17) is 21.3 Å². The van der Waals surface area contributed by atoms with Gasteiger partial charge < -0.3 is 14.5 Å². The van der Waals surface area contributed by atoms with E-state index < -0.39 is 5.60 Å². The van der Waals surface area contributed by atoms with Gasteiger partial charge in [0.25, 0.3) is 0 Å². The summed E-state index contributed by atoms with van der Waals surface area (Å²) < 4.78 is 5.50. The molecular formula is C22H24ClN5O2. The molecule has 30 heavy (non-hydrogen) atoms. The Morgan fingerprint density at radius 3 is 2.53 bits per heavy atom. The summed E-state index contributed by atoms with van der Waals surface area (Å²) in [5, 5.41) is 1.40. The maximum atomic E-state index is 12.4. The molecule has 7 nitrogen and oxygen atoms in total. The Bertz CT molecular complexity index is 1070. The second-order valence-electron chi connectivity index (χ2n) is 8.22. The molecule has 1 saturated heterocycles. The average Bonchev–Trinajstić information content (AvgIpc) is 2.72. The lowest BCUT2D eigenvalue weighted by molar-refractivity contribution is 0.0240. The van der Waals surface area contributed by atoms with Crippen LogP contribution in [-0.4, -0.2) is 57.7 Å². The highest BCUT2D eigenvalue weighted by atomic mass is 35.5. The molecule has 1 aliphatic rings. The van der Waals surface area contributed by atoms with Gasteiger partial charge in [-0.15, -0.1) is 0 Å². The van der Waals surface area contributed by atoms with Crippen LogP contribution in [0.4, 0.5) is 10.6 Å². The van der Waals surface area contributed by atoms with Crippen molar-refractivity contribution in [1.82, 2.24) is 19.9 Å². The molecular weight excluding hydrogens is 402 g/mol. The Kier molecular flexibility index (Phi) is 5.47. The van der Waals surface area contributed by atoms with E-state index in [0.717, 1.165) is 28.0 Å². The maximum Gasteiger partial charge on any atom is 0.410 e. The number of hydrogen-bond acceptors (Lipinski definition) is 6. The van der Waals surface area contributed by atoms with Crippen molar-refractivity contribution in [1.29, 1.82) is 0 Å². The van der Waals surface area contributed by atoms with Gasteiger partial charge in [0, 0.05) is 49.5 Å². The van der Waals surface area contributed by atoms with E-state index in [1.807, 2.05) is 45.0 Å². The molecule has 4 heterocycles. The van der Waals surface area contributed by atoms with Crippen molar-refractivity contribution in [3.63, 3.8) is 0 Å². The van der Waals surface area contributed by atoms with Crippen LogP contribution in [0.5, 0.6) is 0 Å². The Hall–Kier alpha value is -2.93. The van der Waals surface area contributed by atoms with Gasteiger partial charge in [0.15, 0.2) is 0 Å². The molecule has 0 aromatic carbocycles. The van der Waals surface area contributed by atoms with Gasteiger partial charge >= 0.3 is 6.09 Å². The SMILES string of the molecule is CC(C)(C)OC(=O)N1CCN(c2nc(-c3ccnc(Cl)c3)cc3ncccc23)CC1. The zero-order valence-electron chi connectivity index (χ0n) is 17.3. The Morgan fingerprint density at radius 2 is 1.83 bits per heavy atom. The molecule has 156 valence electrons. The summed E-state index contributed by atoms with van der Waals surface area (Å²) in [6.07, 6.45) is 3.17. The number of fused-ring (bicyclic) bond motifs is 1. The highest BCUT2D eigenvalue weighted by Gasteiger charge is 2.27. The first-order valence-corrected chi connectivity index (χ1v) is 10.3. The highest BCUT2D eigenvalue weighted by molar-refractivity contribution is 6.29. The van der Waals surface area contributed by atoms with Crippen LogP contribution in [0.1, 0.15) is 20.8 Å². The number of anilines is 1. The third-order valence-electron chi connectivity index (χ3n) is 4.83. The van der Waals surface area contributed by atoms with E-state index in [9.17, 15) is 4.79 Å². The number of aromatic nitrogens is 3. The lowest BCUT2D eigenvalue weighted by atomic mass is 10.1. The molecule has 4 rings (SSSR count). The van der Waals surface area contributed by atoms with Gasteiger partial charge in [-0.3, -0.25) is 4.98 Å². The van der Waals surface area contributed by atoms with E-state index >= 15 is 0 Å². The summed E-state index contributed by atoms with van der Waals surface area (Å²) in [4.78, 5) is 29.8. The fourth-order valence-electron chi connectivity index (χ4n) is 3.44. The molecule has 1 aliphatic heterocycles. The minimum Gasteiger partial charge on any atom is -0.444 e. The number of amides is 1. The highest BCUT2D eigenvalue weighted by Crippen LogP contribution is 2.30. The number of hydrogen-bond donors (Lipinski definition) is 0. The number of pyridine rings is 3. The van der Waals surface area contributed by atoms with E-state index in [-0.39, 0.29) is 6.09 Å². The zero-order valence-corrected chi connectivity index (χ0v) is 18.1. The summed E-state index contributed by atoms with van der Waals surface area (Å²) in [5.41, 5.74) is 2.03. The van der Waals surface area contributed by atoms with E-state index in [1.165, 1.54) is 0 Å². The van der Waals surface area contributed by atoms with Crippen LogP contribution in [-0.2, 0) is 4.74 Å². The van der Waals surface area contributed by atoms with Crippen molar-refractivity contribution in [3.05, 3.63) is 47.9 Å². The molecule has 1 amide bonds. The van der Waals surface area contributed by atoms with Crippen LogP contribution in [0, 0.1) is 0 Å². The van der Waals surface area contributed by atoms with E-state index in [2.05, 4.69) is 14.9 Å². The lowest BCUT2D eigenvalue weighted by Gasteiger charge is -2.36. The second kappa shape index (κ2) is 8.07. The Labute approximate surface area is 180 Å². The summed E-state index contributed by atoms with van der Waals surface area (Å²) in [6, 6.07) is 9.57. The molecule has 0 radical (unpaired) electrons. The standard InChI is InChI=1S/C22H24ClN5O2/c1-22(2,3)30-21(29)28-11-9-27(10-12-28)20-16-5-4-7-24-18(16)14-17(26-20)15-6-8-25-19(23)13-15/h4-8,13-14H,9-12H2,1-3H3. The summed E-state index contributed by atoms with van der Waals surface area (Å²) in [7, 11) is 0. The molecule has 0 bridgehead atoms. The zero-order chi connectivity index (χ0) is 21.3. The maximum absolute atomic E-state index is 12.4. The smallest absolute Gasteiger partial charge is 0.410 e. The number of nitrogens with zero attached hydrogens (tertiary/aromatic N) is 5. The normalized spacial score (nSPS) is 14.8. The van der Waals surface area contributed by atoms with Crippen LogP contribution in [0.15, 0.2) is 42.7 Å². The number of piperazine rings is 1. The molecule has 0 aliphatic carbocycles. The molecule has 3 aromatic heterocycles. The van der Waals surface area contributed by atoms with Crippen LogP contribution in [0.2, 0.25) is 5.15 Å². The predicted octanol–water partition coefficient (Wildman–Crippen LogP) is 4.40. The first-order chi connectivity index (χ1) is 14.3. The van der Waals surface area contributed by atoms with Crippen LogP contribution in [0.3, 0.4) is 0 Å². The molecule has 0 unspecified atom stereocenters. The first kappa shape index (κ1) is 20.3. The third-order valence-corrected chi connectivity index (χ3v) is 5.04. The summed E-state index contributed by atoms with van der Waals surface area (Å²) >= 11 is 6.08. The van der Waals surface area contributed by atoms with Gasteiger partial charge in [-0.2, -0.15) is 0 Å². The van der Waals surface area contributed by atoms with Crippen molar-refractivity contribution in [2.24, 2.45) is 0 Å². The van der Waals surface area contributed by atoms with Crippen molar-refractivity contribution >= 4 is 34.4 Å². The summed E-state index contributed by atoms with van der Waals surface area (Å²) in [6.45, 7) is 8.10. The molecule has 0 spiro atoms. The topological polar surface area (TPSA) is 71.5 Å². The van der Waals surface area contributed by atoms with Crippen LogP contribution < -0.4 is 4.90 Å². The fourth-order valence-corrected chi connectivity index (χ4v) is 3.61. The molecule has 0 N–H and O–H groups in total. The van der Waals surface area contributed by atoms with Crippen molar-refractivity contribution in [3.8, 4) is 11.3 Å². The van der Waals surface area contributed by atoms with Gasteiger partial charge in [0.2, 0.25) is 0 Å². The second-order valence-corrected chi connectivity index (χ2v) is 8.61. The van der Waals surface area contributed by atoms with Crippen molar-refractivity contribution in [2.45, 2.75) is 26.4 Å². The number of rotatable bonds is 2. The predicted molar refractivity (Wildman–Crippen MR) is 118 cm³/mol. The van der Waals surface area contributed by atoms with E-state index in [1.54, 1.807) is 23.4 Å². The van der Waals surface area contributed by atoms with Gasteiger partial charge in [0.05, 0.1) is 11.2 Å². The largest absolute Gasteiger partial charge is 0.444 e. The van der Waals surface area contributed by atoms with Crippen LogP contribution in [0.25, 0.3) is 22.2 Å². The average molecular weight is 426 g/mol. The number of carbonyl (C=O) groups is 1.